The smallest absolute Gasteiger partial charge is 0.254 e. The number of phenols is 1. The van der Waals surface area contributed by atoms with Gasteiger partial charge >= 0.3 is 0 Å². The summed E-state index contributed by atoms with van der Waals surface area (Å²) in [7, 11) is 1.77. The van der Waals surface area contributed by atoms with Crippen molar-refractivity contribution in [1.82, 2.24) is 4.90 Å². The minimum absolute atomic E-state index is 0.0667. The van der Waals surface area contributed by atoms with E-state index in [0.29, 0.717) is 10.6 Å². The lowest BCUT2D eigenvalue weighted by Crippen LogP contribution is -2.30. The Labute approximate surface area is 129 Å². The lowest BCUT2D eigenvalue weighted by atomic mass is 10.0. The van der Waals surface area contributed by atoms with Crippen molar-refractivity contribution < 1.29 is 9.90 Å². The van der Waals surface area contributed by atoms with Crippen molar-refractivity contribution in [2.45, 2.75) is 19.9 Å². The maximum Gasteiger partial charge on any atom is 0.254 e. The van der Waals surface area contributed by atoms with Crippen LogP contribution in [0.2, 0.25) is 5.02 Å². The van der Waals surface area contributed by atoms with Gasteiger partial charge in [0.1, 0.15) is 5.75 Å². The molecule has 2 aromatic rings. The summed E-state index contributed by atoms with van der Waals surface area (Å²) in [6, 6.07) is 12.2. The topological polar surface area (TPSA) is 40.5 Å². The van der Waals surface area contributed by atoms with Crippen LogP contribution in [0.15, 0.2) is 42.5 Å². The molecule has 0 aliphatic rings. The van der Waals surface area contributed by atoms with E-state index in [1.54, 1.807) is 24.1 Å². The highest BCUT2D eigenvalue weighted by molar-refractivity contribution is 6.30. The van der Waals surface area contributed by atoms with Crippen molar-refractivity contribution in [1.29, 1.82) is 0 Å². The Balaban J connectivity index is 2.24. The lowest BCUT2D eigenvalue weighted by molar-refractivity contribution is 0.0742. The fourth-order valence-corrected chi connectivity index (χ4v) is 2.34. The Hall–Kier alpha value is -2.00. The van der Waals surface area contributed by atoms with E-state index in [1.807, 2.05) is 38.1 Å². The number of carbonyl (C=O) groups is 1. The van der Waals surface area contributed by atoms with Gasteiger partial charge in [0, 0.05) is 17.6 Å². The first-order chi connectivity index (χ1) is 9.90. The fraction of sp³-hybridized carbons (Fsp3) is 0.235. The minimum Gasteiger partial charge on any atom is -0.508 e. The Morgan fingerprint density at radius 2 is 1.81 bits per heavy atom. The number of amides is 1. The summed E-state index contributed by atoms with van der Waals surface area (Å²) in [6.45, 7) is 3.78. The molecule has 3 nitrogen and oxygen atoms in total. The number of halogens is 1. The van der Waals surface area contributed by atoms with Gasteiger partial charge in [0.2, 0.25) is 0 Å². The van der Waals surface area contributed by atoms with Gasteiger partial charge in [0.15, 0.2) is 0 Å². The van der Waals surface area contributed by atoms with Gasteiger partial charge in [-0.25, -0.2) is 0 Å². The quantitative estimate of drug-likeness (QED) is 0.923. The number of nitrogens with zero attached hydrogens (tertiary/aromatic N) is 1. The fourth-order valence-electron chi connectivity index (χ4n) is 2.22. The van der Waals surface area contributed by atoms with Crippen LogP contribution in [0.4, 0.5) is 0 Å². The summed E-state index contributed by atoms with van der Waals surface area (Å²) in [6.07, 6.45) is 0. The molecule has 0 heterocycles. The third-order valence-electron chi connectivity index (χ3n) is 3.69. The highest BCUT2D eigenvalue weighted by Crippen LogP contribution is 2.24. The molecule has 0 fully saturated rings. The van der Waals surface area contributed by atoms with Crippen LogP contribution in [0, 0.1) is 6.92 Å². The first-order valence-electron chi connectivity index (χ1n) is 6.72. The van der Waals surface area contributed by atoms with Crippen LogP contribution in [-0.4, -0.2) is 23.0 Å². The number of hydrogen-bond donors (Lipinski definition) is 1. The van der Waals surface area contributed by atoms with E-state index >= 15 is 0 Å². The van der Waals surface area contributed by atoms with Crippen LogP contribution in [0.3, 0.4) is 0 Å². The summed E-state index contributed by atoms with van der Waals surface area (Å²) < 4.78 is 0. The van der Waals surface area contributed by atoms with Crippen LogP contribution in [0.5, 0.6) is 5.75 Å². The third kappa shape index (κ3) is 3.37. The van der Waals surface area contributed by atoms with Crippen molar-refractivity contribution in [3.63, 3.8) is 0 Å². The molecule has 4 heteroatoms. The van der Waals surface area contributed by atoms with Crippen molar-refractivity contribution in [3.05, 3.63) is 64.2 Å². The minimum atomic E-state index is -0.0741. The average molecular weight is 304 g/mol. The molecular weight excluding hydrogens is 286 g/mol. The van der Waals surface area contributed by atoms with Gasteiger partial charge < -0.3 is 10.0 Å². The maximum absolute atomic E-state index is 12.6. The predicted molar refractivity (Wildman–Crippen MR) is 84.8 cm³/mol. The number of benzene rings is 2. The van der Waals surface area contributed by atoms with Gasteiger partial charge in [0.25, 0.3) is 5.91 Å². The molecule has 0 aliphatic heterocycles. The van der Waals surface area contributed by atoms with Crippen LogP contribution >= 0.6 is 11.6 Å². The standard InChI is InChI=1S/C17H18ClNO2/c1-11-10-15(20)8-9-16(11)17(21)19(3)12(2)13-4-6-14(18)7-5-13/h4-10,12,20H,1-3H3. The molecule has 0 spiro atoms. The molecule has 0 aromatic heterocycles. The summed E-state index contributed by atoms with van der Waals surface area (Å²) in [5.41, 5.74) is 2.37. The van der Waals surface area contributed by atoms with Crippen LogP contribution in [-0.2, 0) is 0 Å². The van der Waals surface area contributed by atoms with Crippen LogP contribution in [0.25, 0.3) is 0 Å². The molecule has 0 bridgehead atoms. The summed E-state index contributed by atoms with van der Waals surface area (Å²) in [5, 5.41) is 10.1. The number of carbonyl (C=O) groups excluding carboxylic acids is 1. The zero-order valence-electron chi connectivity index (χ0n) is 12.3. The molecule has 1 N–H and O–H groups in total. The second-order valence-corrected chi connectivity index (χ2v) is 5.58. The Morgan fingerprint density at radius 1 is 1.19 bits per heavy atom. The van der Waals surface area contributed by atoms with Gasteiger partial charge in [-0.1, -0.05) is 23.7 Å². The van der Waals surface area contributed by atoms with E-state index in [1.165, 1.54) is 6.07 Å². The van der Waals surface area contributed by atoms with E-state index in [9.17, 15) is 9.90 Å². The highest BCUT2D eigenvalue weighted by Gasteiger charge is 2.20. The van der Waals surface area contributed by atoms with Gasteiger partial charge in [-0.3, -0.25) is 4.79 Å². The molecule has 0 radical (unpaired) electrons. The molecule has 1 amide bonds. The third-order valence-corrected chi connectivity index (χ3v) is 3.95. The number of aryl methyl sites for hydroxylation is 1. The van der Waals surface area contributed by atoms with Gasteiger partial charge in [-0.2, -0.15) is 0 Å². The molecule has 0 saturated heterocycles. The van der Waals surface area contributed by atoms with Crippen molar-refractivity contribution in [3.8, 4) is 5.75 Å². The second-order valence-electron chi connectivity index (χ2n) is 5.14. The van der Waals surface area contributed by atoms with E-state index in [4.69, 9.17) is 11.6 Å². The zero-order chi connectivity index (χ0) is 15.6. The average Bonchev–Trinajstić information content (AvgIpc) is 2.46. The molecular formula is C17H18ClNO2. The highest BCUT2D eigenvalue weighted by atomic mass is 35.5. The molecule has 0 saturated carbocycles. The predicted octanol–water partition coefficient (Wildman–Crippen LogP) is 4.19. The molecule has 1 atom stereocenters. The normalized spacial score (nSPS) is 12.0. The Morgan fingerprint density at radius 3 is 2.38 bits per heavy atom. The first kappa shape index (κ1) is 15.4. The lowest BCUT2D eigenvalue weighted by Gasteiger charge is -2.26. The Bertz CT molecular complexity index is 652. The molecule has 1 unspecified atom stereocenters. The molecule has 2 rings (SSSR count). The van der Waals surface area contributed by atoms with E-state index in [2.05, 4.69) is 0 Å². The van der Waals surface area contributed by atoms with E-state index < -0.39 is 0 Å². The number of hydrogen-bond acceptors (Lipinski definition) is 2. The van der Waals surface area contributed by atoms with Gasteiger partial charge in [-0.15, -0.1) is 0 Å². The summed E-state index contributed by atoms with van der Waals surface area (Å²) >= 11 is 5.89. The van der Waals surface area contributed by atoms with Crippen molar-refractivity contribution in [2.75, 3.05) is 7.05 Å². The molecule has 110 valence electrons. The maximum atomic E-state index is 12.6. The molecule has 0 aliphatic carbocycles. The molecule has 21 heavy (non-hydrogen) atoms. The largest absolute Gasteiger partial charge is 0.508 e. The van der Waals surface area contributed by atoms with E-state index in [0.717, 1.165) is 11.1 Å². The number of aromatic hydroxyl groups is 1. The number of rotatable bonds is 3. The van der Waals surface area contributed by atoms with Gasteiger partial charge in [0.05, 0.1) is 6.04 Å². The monoisotopic (exact) mass is 303 g/mol. The van der Waals surface area contributed by atoms with Crippen molar-refractivity contribution >= 4 is 17.5 Å². The van der Waals surface area contributed by atoms with Crippen molar-refractivity contribution in [2.24, 2.45) is 0 Å². The first-order valence-corrected chi connectivity index (χ1v) is 7.10. The van der Waals surface area contributed by atoms with Crippen LogP contribution < -0.4 is 0 Å². The molecule has 2 aromatic carbocycles. The van der Waals surface area contributed by atoms with Crippen LogP contribution in [0.1, 0.15) is 34.5 Å². The summed E-state index contributed by atoms with van der Waals surface area (Å²) in [4.78, 5) is 14.3. The Kier molecular flexibility index (Phi) is 4.53. The SMILES string of the molecule is Cc1cc(O)ccc1C(=O)N(C)C(C)c1ccc(Cl)cc1. The van der Waals surface area contributed by atoms with E-state index in [-0.39, 0.29) is 17.7 Å². The zero-order valence-corrected chi connectivity index (χ0v) is 13.1. The summed E-state index contributed by atoms with van der Waals surface area (Å²) in [5.74, 6) is 0.0902. The second kappa shape index (κ2) is 6.19. The number of phenolic OH excluding ortho intramolecular Hbond substituents is 1. The van der Waals surface area contributed by atoms with Gasteiger partial charge in [-0.05, 0) is 55.3 Å².